The first-order valence-corrected chi connectivity index (χ1v) is 7.25. The lowest BCUT2D eigenvalue weighted by Crippen LogP contribution is -2.14. The van der Waals surface area contributed by atoms with Gasteiger partial charge in [-0.05, 0) is 35.4 Å². The summed E-state index contributed by atoms with van der Waals surface area (Å²) < 4.78 is 0. The summed E-state index contributed by atoms with van der Waals surface area (Å²) in [6.45, 7) is 0. The van der Waals surface area contributed by atoms with Crippen molar-refractivity contribution in [2.45, 2.75) is 5.92 Å². The molecule has 0 aliphatic rings. The van der Waals surface area contributed by atoms with Crippen LogP contribution in [0.5, 0.6) is 0 Å². The molecule has 2 heteroatoms. The summed E-state index contributed by atoms with van der Waals surface area (Å²) in [6, 6.07) is 26.8. The summed E-state index contributed by atoms with van der Waals surface area (Å²) in [5, 5.41) is 0. The second-order valence-corrected chi connectivity index (χ2v) is 5.24. The van der Waals surface area contributed by atoms with E-state index in [4.69, 9.17) is 5.73 Å². The maximum Gasteiger partial charge on any atom is 0.174 e. The standard InChI is InChI=1S/C20H17NO/c21-18-13-11-17(12-14-18)20(22)19(15-7-3-1-4-8-15)16-9-5-2-6-10-16/h1-14,19H,21H2. The molecule has 0 spiro atoms. The summed E-state index contributed by atoms with van der Waals surface area (Å²) in [7, 11) is 0. The maximum absolute atomic E-state index is 13.0. The Morgan fingerprint density at radius 1 is 0.682 bits per heavy atom. The molecule has 0 fully saturated rings. The highest BCUT2D eigenvalue weighted by Crippen LogP contribution is 2.28. The molecular formula is C20H17NO. The van der Waals surface area contributed by atoms with Crippen LogP contribution in [0.2, 0.25) is 0 Å². The smallest absolute Gasteiger partial charge is 0.174 e. The molecule has 0 aromatic heterocycles. The Labute approximate surface area is 130 Å². The van der Waals surface area contributed by atoms with Gasteiger partial charge in [0.15, 0.2) is 5.78 Å². The average molecular weight is 287 g/mol. The van der Waals surface area contributed by atoms with Crippen LogP contribution in [-0.2, 0) is 0 Å². The quantitative estimate of drug-likeness (QED) is 0.575. The van der Waals surface area contributed by atoms with Gasteiger partial charge in [-0.25, -0.2) is 0 Å². The summed E-state index contributed by atoms with van der Waals surface area (Å²) in [5.74, 6) is -0.219. The molecule has 0 amide bonds. The SMILES string of the molecule is Nc1ccc(C(=O)C(c2ccccc2)c2ccccc2)cc1. The zero-order chi connectivity index (χ0) is 15.4. The number of ketones is 1. The number of anilines is 1. The molecule has 0 saturated carbocycles. The van der Waals surface area contributed by atoms with Gasteiger partial charge in [-0.2, -0.15) is 0 Å². The first-order chi connectivity index (χ1) is 10.8. The normalized spacial score (nSPS) is 10.6. The van der Waals surface area contributed by atoms with Crippen molar-refractivity contribution in [2.75, 3.05) is 5.73 Å². The van der Waals surface area contributed by atoms with Gasteiger partial charge < -0.3 is 5.73 Å². The van der Waals surface area contributed by atoms with E-state index in [0.717, 1.165) is 11.1 Å². The number of carbonyl (C=O) groups excluding carboxylic acids is 1. The minimum Gasteiger partial charge on any atom is -0.399 e. The van der Waals surface area contributed by atoms with Crippen molar-refractivity contribution in [3.8, 4) is 0 Å². The first kappa shape index (κ1) is 14.1. The minimum atomic E-state index is -0.300. The third kappa shape index (κ3) is 2.91. The monoisotopic (exact) mass is 287 g/mol. The maximum atomic E-state index is 13.0. The van der Waals surface area contributed by atoms with Gasteiger partial charge >= 0.3 is 0 Å². The van der Waals surface area contributed by atoms with Gasteiger partial charge in [0.05, 0.1) is 5.92 Å². The van der Waals surface area contributed by atoms with Crippen LogP contribution in [0.3, 0.4) is 0 Å². The van der Waals surface area contributed by atoms with Crippen LogP contribution in [0, 0.1) is 0 Å². The molecule has 0 atom stereocenters. The second-order valence-electron chi connectivity index (χ2n) is 5.24. The van der Waals surface area contributed by atoms with Crippen LogP contribution >= 0.6 is 0 Å². The lowest BCUT2D eigenvalue weighted by Gasteiger charge is -2.17. The number of rotatable bonds is 4. The minimum absolute atomic E-state index is 0.0809. The Hall–Kier alpha value is -2.87. The number of nitrogens with two attached hydrogens (primary N) is 1. The highest BCUT2D eigenvalue weighted by molar-refractivity contribution is 6.03. The predicted molar refractivity (Wildman–Crippen MR) is 89.9 cm³/mol. The van der Waals surface area contributed by atoms with E-state index < -0.39 is 0 Å². The molecule has 108 valence electrons. The fourth-order valence-electron chi connectivity index (χ4n) is 2.60. The number of hydrogen-bond donors (Lipinski definition) is 1. The van der Waals surface area contributed by atoms with Gasteiger partial charge in [0.25, 0.3) is 0 Å². The van der Waals surface area contributed by atoms with Crippen molar-refractivity contribution in [3.05, 3.63) is 102 Å². The zero-order valence-corrected chi connectivity index (χ0v) is 12.1. The molecule has 0 aliphatic carbocycles. The molecule has 3 aromatic rings. The van der Waals surface area contributed by atoms with Gasteiger partial charge in [0.1, 0.15) is 0 Å². The van der Waals surface area contributed by atoms with Crippen LogP contribution in [0.15, 0.2) is 84.9 Å². The number of Topliss-reactive ketones (excluding diaryl/α,β-unsaturated/α-hetero) is 1. The number of carbonyl (C=O) groups is 1. The third-order valence-corrected chi connectivity index (χ3v) is 3.72. The number of benzene rings is 3. The molecule has 0 bridgehead atoms. The molecule has 0 unspecified atom stereocenters. The van der Waals surface area contributed by atoms with Gasteiger partial charge in [0.2, 0.25) is 0 Å². The Bertz CT molecular complexity index is 709. The van der Waals surface area contributed by atoms with Gasteiger partial charge in [-0.3, -0.25) is 4.79 Å². The highest BCUT2D eigenvalue weighted by atomic mass is 16.1. The molecule has 0 radical (unpaired) electrons. The van der Waals surface area contributed by atoms with Gasteiger partial charge in [-0.1, -0.05) is 60.7 Å². The molecule has 2 N–H and O–H groups in total. The zero-order valence-electron chi connectivity index (χ0n) is 12.1. The van der Waals surface area contributed by atoms with Crippen molar-refractivity contribution in [1.82, 2.24) is 0 Å². The molecule has 0 heterocycles. The molecule has 3 aromatic carbocycles. The van der Waals surface area contributed by atoms with E-state index in [2.05, 4.69) is 0 Å². The largest absolute Gasteiger partial charge is 0.399 e. The lowest BCUT2D eigenvalue weighted by atomic mass is 9.85. The van der Waals surface area contributed by atoms with Crippen molar-refractivity contribution in [1.29, 1.82) is 0 Å². The molecule has 3 rings (SSSR count). The van der Waals surface area contributed by atoms with Gasteiger partial charge in [-0.15, -0.1) is 0 Å². The Kier molecular flexibility index (Phi) is 4.01. The van der Waals surface area contributed by atoms with E-state index in [-0.39, 0.29) is 11.7 Å². The summed E-state index contributed by atoms with van der Waals surface area (Å²) in [4.78, 5) is 13.0. The van der Waals surface area contributed by atoms with Crippen molar-refractivity contribution >= 4 is 11.5 Å². The van der Waals surface area contributed by atoms with Crippen LogP contribution < -0.4 is 5.73 Å². The fourth-order valence-corrected chi connectivity index (χ4v) is 2.60. The van der Waals surface area contributed by atoms with Crippen LogP contribution in [0.4, 0.5) is 5.69 Å². The Morgan fingerprint density at radius 2 is 1.14 bits per heavy atom. The number of hydrogen-bond acceptors (Lipinski definition) is 2. The second kappa shape index (κ2) is 6.27. The Morgan fingerprint density at radius 3 is 1.59 bits per heavy atom. The van der Waals surface area contributed by atoms with E-state index in [1.165, 1.54) is 0 Å². The average Bonchev–Trinajstić information content (AvgIpc) is 2.57. The van der Waals surface area contributed by atoms with E-state index in [9.17, 15) is 4.79 Å². The van der Waals surface area contributed by atoms with E-state index in [0.29, 0.717) is 11.3 Å². The van der Waals surface area contributed by atoms with E-state index in [1.54, 1.807) is 24.3 Å². The fraction of sp³-hybridized carbons (Fsp3) is 0.0500. The first-order valence-electron chi connectivity index (χ1n) is 7.25. The molecule has 2 nitrogen and oxygen atoms in total. The van der Waals surface area contributed by atoms with Gasteiger partial charge in [0, 0.05) is 11.3 Å². The third-order valence-electron chi connectivity index (χ3n) is 3.72. The predicted octanol–water partition coefficient (Wildman–Crippen LogP) is 4.28. The van der Waals surface area contributed by atoms with Crippen molar-refractivity contribution < 1.29 is 4.79 Å². The number of nitrogen functional groups attached to an aromatic ring is 1. The highest BCUT2D eigenvalue weighted by Gasteiger charge is 2.23. The molecule has 0 saturated heterocycles. The van der Waals surface area contributed by atoms with Crippen LogP contribution in [0.25, 0.3) is 0 Å². The van der Waals surface area contributed by atoms with Crippen molar-refractivity contribution in [3.63, 3.8) is 0 Å². The van der Waals surface area contributed by atoms with E-state index in [1.807, 2.05) is 60.7 Å². The summed E-state index contributed by atoms with van der Waals surface area (Å²) in [5.41, 5.74) is 9.04. The lowest BCUT2D eigenvalue weighted by molar-refractivity contribution is 0.0974. The summed E-state index contributed by atoms with van der Waals surface area (Å²) >= 11 is 0. The summed E-state index contributed by atoms with van der Waals surface area (Å²) in [6.07, 6.45) is 0. The van der Waals surface area contributed by atoms with Crippen LogP contribution in [-0.4, -0.2) is 5.78 Å². The Balaban J connectivity index is 2.06. The van der Waals surface area contributed by atoms with Crippen LogP contribution in [0.1, 0.15) is 27.4 Å². The topological polar surface area (TPSA) is 43.1 Å². The molecular weight excluding hydrogens is 270 g/mol. The molecule has 0 aliphatic heterocycles. The van der Waals surface area contributed by atoms with Crippen molar-refractivity contribution in [2.24, 2.45) is 0 Å². The molecule has 22 heavy (non-hydrogen) atoms. The van der Waals surface area contributed by atoms with E-state index >= 15 is 0 Å².